The van der Waals surface area contributed by atoms with Crippen molar-refractivity contribution in [3.8, 4) is 6.07 Å². The van der Waals surface area contributed by atoms with Crippen LogP contribution in [0.3, 0.4) is 0 Å². The van der Waals surface area contributed by atoms with Gasteiger partial charge < -0.3 is 9.80 Å². The Morgan fingerprint density at radius 3 is 2.69 bits per heavy atom. The molecule has 2 aromatic rings. The molecule has 2 aliphatic rings. The molecule has 2 aliphatic heterocycles. The van der Waals surface area contributed by atoms with Crippen molar-refractivity contribution in [3.63, 3.8) is 0 Å². The molecule has 0 amide bonds. The predicted molar refractivity (Wildman–Crippen MR) is 109 cm³/mol. The minimum Gasteiger partial charge on any atom is -0.367 e. The number of anilines is 1. The van der Waals surface area contributed by atoms with E-state index < -0.39 is 0 Å². The quantitative estimate of drug-likeness (QED) is 0.685. The second kappa shape index (κ2) is 7.05. The molecule has 0 N–H and O–H groups in total. The fraction of sp³-hybridized carbons (Fsp3) is 0.263. The summed E-state index contributed by atoms with van der Waals surface area (Å²) in [6, 6.07) is 8.25. The zero-order chi connectivity index (χ0) is 18.3. The summed E-state index contributed by atoms with van der Waals surface area (Å²) in [5, 5.41) is 11.1. The minimum atomic E-state index is 0.545. The number of thiophene rings is 1. The van der Waals surface area contributed by atoms with Gasteiger partial charge in [-0.2, -0.15) is 5.26 Å². The van der Waals surface area contributed by atoms with Gasteiger partial charge >= 0.3 is 0 Å². The number of rotatable bonds is 1. The van der Waals surface area contributed by atoms with E-state index in [2.05, 4.69) is 29.0 Å². The summed E-state index contributed by atoms with van der Waals surface area (Å²) >= 11 is 14.1. The Labute approximate surface area is 165 Å². The lowest BCUT2D eigenvalue weighted by Gasteiger charge is -2.34. The molecular formula is C19H16Cl2N4S. The maximum absolute atomic E-state index is 9.20. The van der Waals surface area contributed by atoms with Crippen LogP contribution in [0.5, 0.6) is 0 Å². The van der Waals surface area contributed by atoms with E-state index in [-0.39, 0.29) is 0 Å². The van der Waals surface area contributed by atoms with Crippen LogP contribution in [0.15, 0.2) is 29.3 Å². The first-order valence-corrected chi connectivity index (χ1v) is 9.86. The van der Waals surface area contributed by atoms with Gasteiger partial charge in [-0.3, -0.25) is 0 Å². The zero-order valence-corrected chi connectivity index (χ0v) is 16.5. The maximum atomic E-state index is 9.20. The summed E-state index contributed by atoms with van der Waals surface area (Å²) in [5.74, 6) is 0. The molecule has 1 saturated heterocycles. The molecule has 7 heteroatoms. The van der Waals surface area contributed by atoms with Crippen molar-refractivity contribution >= 4 is 57.6 Å². The first-order chi connectivity index (χ1) is 12.6. The number of fused-ring (bicyclic) bond motifs is 2. The molecule has 0 saturated carbocycles. The molecule has 26 heavy (non-hydrogen) atoms. The first-order valence-electron chi connectivity index (χ1n) is 8.29. The molecule has 1 aromatic carbocycles. The zero-order valence-electron chi connectivity index (χ0n) is 14.2. The maximum Gasteiger partial charge on any atom is 0.121 e. The Bertz CT molecular complexity index is 1060. The lowest BCUT2D eigenvalue weighted by Crippen LogP contribution is -2.47. The molecule has 0 aliphatic carbocycles. The van der Waals surface area contributed by atoms with Gasteiger partial charge in [0.15, 0.2) is 0 Å². The van der Waals surface area contributed by atoms with Gasteiger partial charge in [0.05, 0.1) is 17.1 Å². The van der Waals surface area contributed by atoms with Gasteiger partial charge in [-0.15, -0.1) is 11.3 Å². The molecule has 0 spiro atoms. The third kappa shape index (κ3) is 3.04. The molecule has 132 valence electrons. The summed E-state index contributed by atoms with van der Waals surface area (Å²) in [5.41, 5.74) is 3.23. The third-order valence-electron chi connectivity index (χ3n) is 4.73. The van der Waals surface area contributed by atoms with E-state index in [1.165, 1.54) is 17.4 Å². The number of halogens is 2. The Morgan fingerprint density at radius 1 is 1.19 bits per heavy atom. The third-order valence-corrected chi connectivity index (χ3v) is 6.32. The van der Waals surface area contributed by atoms with E-state index in [4.69, 9.17) is 28.2 Å². The smallest absolute Gasteiger partial charge is 0.121 e. The van der Waals surface area contributed by atoms with Crippen molar-refractivity contribution < 1.29 is 0 Å². The number of nitrogens with zero attached hydrogens (tertiary/aromatic N) is 4. The number of likely N-dealkylation sites (N-methyl/N-ethyl adjacent to an activating group) is 1. The van der Waals surface area contributed by atoms with E-state index in [9.17, 15) is 5.26 Å². The molecule has 0 radical (unpaired) electrons. The molecule has 0 unspecified atom stereocenters. The van der Waals surface area contributed by atoms with E-state index in [1.807, 2.05) is 18.2 Å². The van der Waals surface area contributed by atoms with E-state index >= 15 is 0 Å². The molecular weight excluding hydrogens is 387 g/mol. The Hall–Kier alpha value is -1.84. The number of allylic oxidation sites excluding steroid dienone is 2. The number of piperazine rings is 1. The van der Waals surface area contributed by atoms with E-state index in [1.54, 1.807) is 0 Å². The summed E-state index contributed by atoms with van der Waals surface area (Å²) in [6.45, 7) is 3.94. The number of benzene rings is 1. The fourth-order valence-electron chi connectivity index (χ4n) is 3.34. The van der Waals surface area contributed by atoms with Crippen LogP contribution in [0, 0.1) is 11.3 Å². The standard InChI is InChI=1S/C19H16Cl2N4S/c1-24-7-9-25(10-8-24)14-4-2-3-13-11-12(5-6-22)15-17(23-16(13)14)19(21)26-18(15)20/h2-5,11H,7-10H2,1H3. The van der Waals surface area contributed by atoms with Crippen LogP contribution >= 0.6 is 34.5 Å². The van der Waals surface area contributed by atoms with Gasteiger partial charge in [-0.05, 0) is 24.8 Å². The normalized spacial score (nSPS) is 18.4. The Morgan fingerprint density at radius 2 is 1.96 bits per heavy atom. The van der Waals surface area contributed by atoms with Gasteiger partial charge in [-0.25, -0.2) is 4.99 Å². The summed E-state index contributed by atoms with van der Waals surface area (Å²) in [4.78, 5) is 9.59. The number of hydrogen-bond donors (Lipinski definition) is 0. The lowest BCUT2D eigenvalue weighted by atomic mass is 10.1. The first kappa shape index (κ1) is 17.6. The molecule has 4 rings (SSSR count). The molecule has 0 bridgehead atoms. The van der Waals surface area contributed by atoms with Gasteiger partial charge in [0.2, 0.25) is 0 Å². The molecule has 1 fully saturated rings. The summed E-state index contributed by atoms with van der Waals surface area (Å²) in [6.07, 6.45) is 3.48. The topological polar surface area (TPSA) is 42.6 Å². The largest absolute Gasteiger partial charge is 0.367 e. The highest BCUT2D eigenvalue weighted by molar-refractivity contribution is 7.21. The summed E-state index contributed by atoms with van der Waals surface area (Å²) < 4.78 is 1.10. The molecule has 3 heterocycles. The monoisotopic (exact) mass is 402 g/mol. The number of nitriles is 1. The van der Waals surface area contributed by atoms with Crippen molar-refractivity contribution in [3.05, 3.63) is 49.1 Å². The van der Waals surface area contributed by atoms with Crippen LogP contribution < -0.4 is 15.5 Å². The van der Waals surface area contributed by atoms with Gasteiger partial charge in [0.25, 0.3) is 0 Å². The second-order valence-corrected chi connectivity index (χ2v) is 8.59. The van der Waals surface area contributed by atoms with Gasteiger partial charge in [0.1, 0.15) is 14.4 Å². The Kier molecular flexibility index (Phi) is 4.76. The van der Waals surface area contributed by atoms with Crippen molar-refractivity contribution in [1.29, 1.82) is 5.26 Å². The van der Waals surface area contributed by atoms with Crippen molar-refractivity contribution in [1.82, 2.24) is 4.90 Å². The van der Waals surface area contributed by atoms with Gasteiger partial charge in [0, 0.05) is 43.0 Å². The number of hydrogen-bond acceptors (Lipinski definition) is 5. The fourth-order valence-corrected chi connectivity index (χ4v) is 4.98. The van der Waals surface area contributed by atoms with Crippen LogP contribution in [0.2, 0.25) is 8.67 Å². The highest BCUT2D eigenvalue weighted by Gasteiger charge is 2.22. The van der Waals surface area contributed by atoms with Crippen LogP contribution in [0.1, 0.15) is 5.56 Å². The van der Waals surface area contributed by atoms with Crippen molar-refractivity contribution in [2.45, 2.75) is 0 Å². The van der Waals surface area contributed by atoms with Crippen LogP contribution in [0.25, 0.3) is 11.6 Å². The van der Waals surface area contributed by atoms with Crippen LogP contribution in [0.4, 0.5) is 11.4 Å². The molecule has 4 nitrogen and oxygen atoms in total. The summed E-state index contributed by atoms with van der Waals surface area (Å²) in [7, 11) is 2.14. The highest BCUT2D eigenvalue weighted by Crippen LogP contribution is 2.46. The average molecular weight is 403 g/mol. The van der Waals surface area contributed by atoms with Crippen molar-refractivity contribution in [2.75, 3.05) is 38.1 Å². The molecule has 0 atom stereocenters. The average Bonchev–Trinajstić information content (AvgIpc) is 2.80. The Balaban J connectivity index is 1.98. The van der Waals surface area contributed by atoms with E-state index in [0.717, 1.165) is 53.6 Å². The SMILES string of the molecule is CN1CCN(c2cccc3c2=Nc2c(Cl)sc(Cl)c2C(=CC#N)C=3)CC1. The van der Waals surface area contributed by atoms with Crippen LogP contribution in [-0.4, -0.2) is 38.1 Å². The van der Waals surface area contributed by atoms with Gasteiger partial charge in [-0.1, -0.05) is 35.3 Å². The predicted octanol–water partition coefficient (Wildman–Crippen LogP) is 3.46. The number of para-hydroxylation sites is 1. The highest BCUT2D eigenvalue weighted by atomic mass is 35.5. The van der Waals surface area contributed by atoms with Crippen molar-refractivity contribution in [2.24, 2.45) is 4.99 Å². The molecule has 1 aromatic heterocycles. The van der Waals surface area contributed by atoms with E-state index in [0.29, 0.717) is 14.4 Å². The minimum absolute atomic E-state index is 0.545. The second-order valence-electron chi connectivity index (χ2n) is 6.36. The lowest BCUT2D eigenvalue weighted by molar-refractivity contribution is 0.312. The van der Waals surface area contributed by atoms with Crippen LogP contribution in [-0.2, 0) is 0 Å².